The number of hydrogen-bond acceptors (Lipinski definition) is 3. The summed E-state index contributed by atoms with van der Waals surface area (Å²) in [6, 6.07) is 0. The molecule has 0 saturated carbocycles. The van der Waals surface area contributed by atoms with E-state index in [4.69, 9.17) is 10.5 Å². The molecule has 0 aromatic rings. The van der Waals surface area contributed by atoms with E-state index in [2.05, 4.69) is 25.7 Å². The first-order valence-corrected chi connectivity index (χ1v) is 7.19. The third-order valence-electron chi connectivity index (χ3n) is 4.01. The fraction of sp³-hybridized carbons (Fsp3) is 1.00. The van der Waals surface area contributed by atoms with Crippen molar-refractivity contribution in [1.82, 2.24) is 4.90 Å². The first-order valence-electron chi connectivity index (χ1n) is 7.19. The predicted molar refractivity (Wildman–Crippen MR) is 73.2 cm³/mol. The van der Waals surface area contributed by atoms with E-state index in [0.717, 1.165) is 26.2 Å². The molecule has 102 valence electrons. The van der Waals surface area contributed by atoms with Crippen molar-refractivity contribution in [3.8, 4) is 0 Å². The molecule has 1 heterocycles. The lowest BCUT2D eigenvalue weighted by Gasteiger charge is -2.44. The second kappa shape index (κ2) is 7.34. The van der Waals surface area contributed by atoms with Crippen LogP contribution in [0.4, 0.5) is 0 Å². The van der Waals surface area contributed by atoms with Gasteiger partial charge >= 0.3 is 0 Å². The van der Waals surface area contributed by atoms with Gasteiger partial charge in [-0.1, -0.05) is 32.6 Å². The van der Waals surface area contributed by atoms with Gasteiger partial charge in [0.25, 0.3) is 0 Å². The fourth-order valence-corrected chi connectivity index (χ4v) is 2.63. The van der Waals surface area contributed by atoms with E-state index in [9.17, 15) is 0 Å². The molecule has 0 amide bonds. The van der Waals surface area contributed by atoms with Crippen LogP contribution in [0.5, 0.6) is 0 Å². The molecule has 0 radical (unpaired) electrons. The average Bonchev–Trinajstić information content (AvgIpc) is 2.34. The maximum atomic E-state index is 6.02. The van der Waals surface area contributed by atoms with Crippen molar-refractivity contribution in [2.75, 3.05) is 26.2 Å². The molecule has 2 unspecified atom stereocenters. The van der Waals surface area contributed by atoms with Gasteiger partial charge in [0.05, 0.1) is 12.7 Å². The molecule has 0 aromatic heterocycles. The Bertz CT molecular complexity index is 210. The minimum Gasteiger partial charge on any atom is -0.376 e. The molecule has 3 heteroatoms. The van der Waals surface area contributed by atoms with Crippen LogP contribution in [0.2, 0.25) is 0 Å². The lowest BCUT2D eigenvalue weighted by molar-refractivity contribution is -0.0586. The Morgan fingerprint density at radius 1 is 1.35 bits per heavy atom. The first-order chi connectivity index (χ1) is 8.12. The van der Waals surface area contributed by atoms with Crippen molar-refractivity contribution in [3.05, 3.63) is 0 Å². The van der Waals surface area contributed by atoms with Crippen LogP contribution in [-0.2, 0) is 4.74 Å². The van der Waals surface area contributed by atoms with E-state index in [1.807, 2.05) is 0 Å². The van der Waals surface area contributed by atoms with Crippen molar-refractivity contribution in [3.63, 3.8) is 0 Å². The van der Waals surface area contributed by atoms with E-state index in [-0.39, 0.29) is 5.54 Å². The number of nitrogens with two attached hydrogens (primary N) is 1. The zero-order valence-electron chi connectivity index (χ0n) is 11.9. The molecule has 1 aliphatic heterocycles. The van der Waals surface area contributed by atoms with Crippen LogP contribution >= 0.6 is 0 Å². The van der Waals surface area contributed by atoms with Crippen molar-refractivity contribution in [2.24, 2.45) is 5.73 Å². The highest BCUT2D eigenvalue weighted by molar-refractivity contribution is 4.89. The Balaban J connectivity index is 2.42. The Labute approximate surface area is 107 Å². The molecule has 1 aliphatic rings. The fourth-order valence-electron chi connectivity index (χ4n) is 2.63. The van der Waals surface area contributed by atoms with Crippen molar-refractivity contribution >= 4 is 0 Å². The Morgan fingerprint density at radius 2 is 2.12 bits per heavy atom. The average molecular weight is 242 g/mol. The molecule has 1 fully saturated rings. The molecule has 0 spiro atoms. The van der Waals surface area contributed by atoms with E-state index >= 15 is 0 Å². The van der Waals surface area contributed by atoms with E-state index in [0.29, 0.717) is 6.10 Å². The normalized spacial score (nSPS) is 25.8. The lowest BCUT2D eigenvalue weighted by Crippen LogP contribution is -2.57. The minimum absolute atomic E-state index is 0.172. The molecule has 2 atom stereocenters. The van der Waals surface area contributed by atoms with Crippen molar-refractivity contribution in [2.45, 2.75) is 64.5 Å². The molecule has 1 rings (SSSR count). The van der Waals surface area contributed by atoms with Gasteiger partial charge in [-0.15, -0.1) is 0 Å². The largest absolute Gasteiger partial charge is 0.376 e. The van der Waals surface area contributed by atoms with Crippen molar-refractivity contribution < 1.29 is 4.74 Å². The summed E-state index contributed by atoms with van der Waals surface area (Å²) in [6.07, 6.45) is 6.86. The summed E-state index contributed by atoms with van der Waals surface area (Å²) in [4.78, 5) is 2.53. The standard InChI is InChI=1S/C14H30N2O/c1-4-5-6-7-8-14(3,12-15)16-9-10-17-13(2)11-16/h13H,4-12,15H2,1-3H3. The van der Waals surface area contributed by atoms with Crippen LogP contribution in [0.25, 0.3) is 0 Å². The SMILES string of the molecule is CCCCCCC(C)(CN)N1CCOC(C)C1. The topological polar surface area (TPSA) is 38.5 Å². The monoisotopic (exact) mass is 242 g/mol. The van der Waals surface area contributed by atoms with Gasteiger partial charge in [-0.2, -0.15) is 0 Å². The Hall–Kier alpha value is -0.120. The molecule has 2 N–H and O–H groups in total. The van der Waals surface area contributed by atoms with Gasteiger partial charge in [-0.05, 0) is 20.3 Å². The highest BCUT2D eigenvalue weighted by Gasteiger charge is 2.32. The summed E-state index contributed by atoms with van der Waals surface area (Å²) in [6.45, 7) is 10.4. The smallest absolute Gasteiger partial charge is 0.0674 e. The number of rotatable bonds is 7. The van der Waals surface area contributed by atoms with Crippen LogP contribution in [0.15, 0.2) is 0 Å². The van der Waals surface area contributed by atoms with E-state index < -0.39 is 0 Å². The summed E-state index contributed by atoms with van der Waals surface area (Å²) < 4.78 is 5.61. The van der Waals surface area contributed by atoms with Crippen LogP contribution in [-0.4, -0.2) is 42.8 Å². The highest BCUT2D eigenvalue weighted by atomic mass is 16.5. The maximum absolute atomic E-state index is 6.02. The highest BCUT2D eigenvalue weighted by Crippen LogP contribution is 2.24. The van der Waals surface area contributed by atoms with Crippen LogP contribution < -0.4 is 5.73 Å². The summed E-state index contributed by atoms with van der Waals surface area (Å²) >= 11 is 0. The quantitative estimate of drug-likeness (QED) is 0.697. The van der Waals surface area contributed by atoms with Crippen molar-refractivity contribution in [1.29, 1.82) is 0 Å². The van der Waals surface area contributed by atoms with Gasteiger partial charge in [0, 0.05) is 25.2 Å². The van der Waals surface area contributed by atoms with E-state index in [1.54, 1.807) is 0 Å². The van der Waals surface area contributed by atoms with Gasteiger partial charge < -0.3 is 10.5 Å². The van der Waals surface area contributed by atoms with Gasteiger partial charge in [-0.25, -0.2) is 0 Å². The van der Waals surface area contributed by atoms with Crippen LogP contribution in [0, 0.1) is 0 Å². The third-order valence-corrected chi connectivity index (χ3v) is 4.01. The Morgan fingerprint density at radius 3 is 2.71 bits per heavy atom. The first kappa shape index (κ1) is 14.9. The molecule has 1 saturated heterocycles. The number of ether oxygens (including phenoxy) is 1. The molecule has 0 aromatic carbocycles. The maximum Gasteiger partial charge on any atom is 0.0674 e. The summed E-state index contributed by atoms with van der Waals surface area (Å²) in [5, 5.41) is 0. The summed E-state index contributed by atoms with van der Waals surface area (Å²) in [5.74, 6) is 0. The number of hydrogen-bond donors (Lipinski definition) is 1. The van der Waals surface area contributed by atoms with Gasteiger partial charge in [0.15, 0.2) is 0 Å². The lowest BCUT2D eigenvalue weighted by atomic mass is 9.91. The molecule has 0 aliphatic carbocycles. The molecular weight excluding hydrogens is 212 g/mol. The second-order valence-electron chi connectivity index (χ2n) is 5.64. The van der Waals surface area contributed by atoms with Gasteiger partial charge in [0.1, 0.15) is 0 Å². The van der Waals surface area contributed by atoms with Crippen LogP contribution in [0.1, 0.15) is 52.9 Å². The number of unbranched alkanes of at least 4 members (excludes halogenated alkanes) is 3. The van der Waals surface area contributed by atoms with Gasteiger partial charge in [0.2, 0.25) is 0 Å². The van der Waals surface area contributed by atoms with Crippen LogP contribution in [0.3, 0.4) is 0 Å². The third kappa shape index (κ3) is 4.57. The molecular formula is C14H30N2O. The van der Waals surface area contributed by atoms with E-state index in [1.165, 1.54) is 32.1 Å². The molecule has 0 bridgehead atoms. The molecule has 17 heavy (non-hydrogen) atoms. The molecule has 3 nitrogen and oxygen atoms in total. The second-order valence-corrected chi connectivity index (χ2v) is 5.64. The van der Waals surface area contributed by atoms with Gasteiger partial charge in [-0.3, -0.25) is 4.90 Å². The number of morpholine rings is 1. The zero-order chi connectivity index (χ0) is 12.7. The zero-order valence-corrected chi connectivity index (χ0v) is 11.9. The predicted octanol–water partition coefficient (Wildman–Crippen LogP) is 2.39. The Kier molecular flexibility index (Phi) is 6.45. The summed E-state index contributed by atoms with van der Waals surface area (Å²) in [7, 11) is 0. The minimum atomic E-state index is 0.172. The summed E-state index contributed by atoms with van der Waals surface area (Å²) in [5.41, 5.74) is 6.19. The number of nitrogens with zero attached hydrogens (tertiary/aromatic N) is 1.